The zero-order valence-corrected chi connectivity index (χ0v) is 15.0. The van der Waals surface area contributed by atoms with Crippen LogP contribution in [-0.4, -0.2) is 43.4 Å². The average Bonchev–Trinajstić information content (AvgIpc) is 2.75. The number of thiazole rings is 1. The van der Waals surface area contributed by atoms with Gasteiger partial charge in [-0.3, -0.25) is 4.79 Å². The van der Waals surface area contributed by atoms with Crippen LogP contribution < -0.4 is 10.6 Å². The van der Waals surface area contributed by atoms with Crippen LogP contribution in [0.4, 0.5) is 5.13 Å². The Hall–Kier alpha value is -0.990. The molecule has 2 heterocycles. The van der Waals surface area contributed by atoms with E-state index >= 15 is 0 Å². The van der Waals surface area contributed by atoms with Gasteiger partial charge < -0.3 is 10.6 Å². The van der Waals surface area contributed by atoms with E-state index in [9.17, 15) is 13.2 Å². The maximum Gasteiger partial charge on any atom is 0.247 e. The van der Waals surface area contributed by atoms with Crippen molar-refractivity contribution in [1.29, 1.82) is 0 Å². The first-order valence-electron chi connectivity index (χ1n) is 8.13. The molecule has 1 amide bonds. The Bertz CT molecular complexity index is 667. The van der Waals surface area contributed by atoms with E-state index in [1.54, 1.807) is 0 Å². The van der Waals surface area contributed by atoms with Crippen molar-refractivity contribution in [3.05, 3.63) is 10.6 Å². The number of nitrogens with zero attached hydrogens (tertiary/aromatic N) is 1. The Balaban J connectivity index is 1.82. The largest absolute Gasteiger partial charge is 0.317 e. The van der Waals surface area contributed by atoms with Crippen LogP contribution in [0.2, 0.25) is 0 Å². The van der Waals surface area contributed by atoms with Gasteiger partial charge in [0.25, 0.3) is 0 Å². The predicted octanol–water partition coefficient (Wildman–Crippen LogP) is 1.52. The second-order valence-corrected chi connectivity index (χ2v) is 9.83. The molecule has 1 aromatic heterocycles. The van der Waals surface area contributed by atoms with E-state index < -0.39 is 20.5 Å². The van der Waals surface area contributed by atoms with Crippen LogP contribution in [0.25, 0.3) is 0 Å². The molecule has 1 aromatic rings. The van der Waals surface area contributed by atoms with Crippen LogP contribution in [0, 0.1) is 0 Å². The molecule has 1 saturated heterocycles. The number of aryl methyl sites for hydroxylation is 2. The lowest BCUT2D eigenvalue weighted by atomic mass is 9.96. The molecule has 1 aliphatic carbocycles. The number of amides is 1. The minimum Gasteiger partial charge on any atom is -0.317 e. The molecule has 0 aromatic carbocycles. The Labute approximate surface area is 141 Å². The Kier molecular flexibility index (Phi) is 4.75. The Morgan fingerprint density at radius 2 is 1.91 bits per heavy atom. The maximum atomic E-state index is 12.8. The van der Waals surface area contributed by atoms with Crippen molar-refractivity contribution in [2.75, 3.05) is 24.7 Å². The summed E-state index contributed by atoms with van der Waals surface area (Å²) in [4.78, 5) is 18.5. The summed E-state index contributed by atoms with van der Waals surface area (Å²) in [5.41, 5.74) is 1.07. The Morgan fingerprint density at radius 1 is 1.22 bits per heavy atom. The summed E-state index contributed by atoms with van der Waals surface area (Å²) in [5.74, 6) is -0.426. The second kappa shape index (κ2) is 6.49. The number of fused-ring (bicyclic) bond motifs is 1. The van der Waals surface area contributed by atoms with Crippen molar-refractivity contribution in [3.63, 3.8) is 0 Å². The molecule has 2 N–H and O–H groups in total. The van der Waals surface area contributed by atoms with Crippen molar-refractivity contribution in [2.24, 2.45) is 0 Å². The first kappa shape index (κ1) is 16.9. The highest BCUT2D eigenvalue weighted by atomic mass is 32.2. The first-order chi connectivity index (χ1) is 10.9. The number of carbonyl (C=O) groups excluding carboxylic acids is 1. The maximum absolute atomic E-state index is 12.8. The standard InChI is InChI=1S/C15H23N3O3S2/c1-23(20,21)15(7-9-16-10-8-15)13(19)18-14-17-11-5-3-2-4-6-12(11)22-14/h16H,2-10H2,1H3,(H,17,18,19). The van der Waals surface area contributed by atoms with E-state index in [4.69, 9.17) is 0 Å². The summed E-state index contributed by atoms with van der Waals surface area (Å²) in [6, 6.07) is 0. The number of hydrogen-bond donors (Lipinski definition) is 2. The second-order valence-electron chi connectivity index (χ2n) is 6.42. The normalized spacial score (nSPS) is 21.3. The van der Waals surface area contributed by atoms with Gasteiger partial charge in [-0.05, 0) is 51.6 Å². The molecule has 0 bridgehead atoms. The highest BCUT2D eigenvalue weighted by molar-refractivity contribution is 7.92. The van der Waals surface area contributed by atoms with E-state index in [2.05, 4.69) is 15.6 Å². The molecule has 3 rings (SSSR count). The molecule has 8 heteroatoms. The summed E-state index contributed by atoms with van der Waals surface area (Å²) in [6.07, 6.45) is 7.23. The molecule has 1 fully saturated rings. The summed E-state index contributed by atoms with van der Waals surface area (Å²) in [5, 5.41) is 6.46. The fourth-order valence-electron chi connectivity index (χ4n) is 3.39. The molecule has 2 aliphatic rings. The summed E-state index contributed by atoms with van der Waals surface area (Å²) in [7, 11) is -3.49. The van der Waals surface area contributed by atoms with E-state index in [1.807, 2.05) is 0 Å². The van der Waals surface area contributed by atoms with Crippen molar-refractivity contribution < 1.29 is 13.2 Å². The molecular weight excluding hydrogens is 334 g/mol. The van der Waals surface area contributed by atoms with Gasteiger partial charge >= 0.3 is 0 Å². The predicted molar refractivity (Wildman–Crippen MR) is 91.7 cm³/mol. The number of carbonyl (C=O) groups is 1. The average molecular weight is 358 g/mol. The van der Waals surface area contributed by atoms with Gasteiger partial charge in [0.15, 0.2) is 19.7 Å². The molecule has 128 valence electrons. The quantitative estimate of drug-likeness (QED) is 0.801. The minimum absolute atomic E-state index is 0.308. The van der Waals surface area contributed by atoms with Crippen LogP contribution in [0.15, 0.2) is 0 Å². The zero-order chi connectivity index (χ0) is 16.5. The number of hydrogen-bond acceptors (Lipinski definition) is 6. The number of anilines is 1. The van der Waals surface area contributed by atoms with Gasteiger partial charge in [0, 0.05) is 11.1 Å². The molecule has 6 nitrogen and oxygen atoms in total. The monoisotopic (exact) mass is 357 g/mol. The number of nitrogens with one attached hydrogen (secondary N) is 2. The molecule has 0 spiro atoms. The minimum atomic E-state index is -3.49. The topological polar surface area (TPSA) is 88.2 Å². The molecule has 0 unspecified atom stereocenters. The van der Waals surface area contributed by atoms with Crippen LogP contribution in [-0.2, 0) is 27.5 Å². The van der Waals surface area contributed by atoms with E-state index in [0.717, 1.165) is 37.6 Å². The number of rotatable bonds is 3. The third kappa shape index (κ3) is 3.29. The van der Waals surface area contributed by atoms with E-state index in [-0.39, 0.29) is 0 Å². The number of sulfone groups is 1. The van der Waals surface area contributed by atoms with Gasteiger partial charge in [-0.2, -0.15) is 0 Å². The lowest BCUT2D eigenvalue weighted by molar-refractivity contribution is -0.119. The zero-order valence-electron chi connectivity index (χ0n) is 13.4. The summed E-state index contributed by atoms with van der Waals surface area (Å²) >= 11 is 1.50. The number of piperidine rings is 1. The molecule has 0 saturated carbocycles. The first-order valence-corrected chi connectivity index (χ1v) is 10.8. The Morgan fingerprint density at radius 3 is 2.61 bits per heavy atom. The third-order valence-corrected chi connectivity index (χ3v) is 7.94. The molecule has 23 heavy (non-hydrogen) atoms. The molecular formula is C15H23N3O3S2. The smallest absolute Gasteiger partial charge is 0.247 e. The van der Waals surface area contributed by atoms with Crippen molar-refractivity contribution in [1.82, 2.24) is 10.3 Å². The van der Waals surface area contributed by atoms with E-state index in [1.165, 1.54) is 22.6 Å². The van der Waals surface area contributed by atoms with E-state index in [0.29, 0.717) is 31.1 Å². The van der Waals surface area contributed by atoms with Gasteiger partial charge in [0.1, 0.15) is 0 Å². The lowest BCUT2D eigenvalue weighted by Crippen LogP contribution is -2.55. The van der Waals surface area contributed by atoms with Crippen molar-refractivity contribution in [3.8, 4) is 0 Å². The van der Waals surface area contributed by atoms with Crippen LogP contribution in [0.5, 0.6) is 0 Å². The van der Waals surface area contributed by atoms with Gasteiger partial charge in [0.2, 0.25) is 5.91 Å². The van der Waals surface area contributed by atoms with Gasteiger partial charge in [-0.25, -0.2) is 13.4 Å². The highest BCUT2D eigenvalue weighted by Crippen LogP contribution is 2.32. The molecule has 0 radical (unpaired) electrons. The summed E-state index contributed by atoms with van der Waals surface area (Å²) in [6.45, 7) is 1.07. The van der Waals surface area contributed by atoms with Gasteiger partial charge in [0.05, 0.1) is 5.69 Å². The third-order valence-electron chi connectivity index (χ3n) is 4.85. The highest BCUT2D eigenvalue weighted by Gasteiger charge is 2.48. The molecule has 0 atom stereocenters. The van der Waals surface area contributed by atoms with Gasteiger partial charge in [-0.15, -0.1) is 11.3 Å². The molecule has 1 aliphatic heterocycles. The SMILES string of the molecule is CS(=O)(=O)C1(C(=O)Nc2nc3c(s2)CCCCC3)CCNCC1. The number of aromatic nitrogens is 1. The summed E-state index contributed by atoms with van der Waals surface area (Å²) < 4.78 is 23.2. The van der Waals surface area contributed by atoms with Crippen molar-refractivity contribution in [2.45, 2.75) is 49.7 Å². The lowest BCUT2D eigenvalue weighted by Gasteiger charge is -2.33. The van der Waals surface area contributed by atoms with Gasteiger partial charge in [-0.1, -0.05) is 6.42 Å². The fraction of sp³-hybridized carbons (Fsp3) is 0.733. The van der Waals surface area contributed by atoms with Crippen LogP contribution in [0.3, 0.4) is 0 Å². The van der Waals surface area contributed by atoms with Crippen LogP contribution in [0.1, 0.15) is 42.7 Å². The van der Waals surface area contributed by atoms with Crippen LogP contribution >= 0.6 is 11.3 Å². The fourth-order valence-corrected chi connectivity index (χ4v) is 5.77. The van der Waals surface area contributed by atoms with Crippen molar-refractivity contribution >= 4 is 32.2 Å².